The van der Waals surface area contributed by atoms with Gasteiger partial charge in [0.05, 0.1) is 12.4 Å². The van der Waals surface area contributed by atoms with Gasteiger partial charge < -0.3 is 25.8 Å². The lowest BCUT2D eigenvalue weighted by molar-refractivity contribution is -0.176. The second kappa shape index (κ2) is 10.1. The molecular weight excluding hydrogens is 482 g/mol. The second-order valence-electron chi connectivity index (χ2n) is 10.4. The number of aliphatic hydroxyl groups is 3. The maximum absolute atomic E-state index is 11.8. The largest absolute Gasteiger partial charge is 0.390 e. The van der Waals surface area contributed by atoms with Crippen LogP contribution in [-0.2, 0) is 23.3 Å². The van der Waals surface area contributed by atoms with Gasteiger partial charge in [-0.2, -0.15) is 0 Å². The minimum Gasteiger partial charge on any atom is -0.390 e. The van der Waals surface area contributed by atoms with Gasteiger partial charge in [-0.15, -0.1) is 0 Å². The summed E-state index contributed by atoms with van der Waals surface area (Å²) < 4.78 is 8.39. The first-order valence-electron chi connectivity index (χ1n) is 13.3. The standard InChI is InChI=1S/C29H33N5O4/c30-27-23-28(32-16-31-27)34(17-33-23)29(21-14-7-12-19-11-4-5-13-20(19)21)26(37)24(36)25(38-29)22(35)15-6-10-18-8-2-1-3-9-18/h1-5,8-9,11,13,16-17,21-22,24-26,35-37H,6-7,10,12,14-15H2,(H2,30,31,32)/t21?,22?,24-,25-,26-,29-/m1/s1. The molecule has 0 bridgehead atoms. The highest BCUT2D eigenvalue weighted by Crippen LogP contribution is 2.52. The molecule has 1 aliphatic heterocycles. The molecule has 0 spiro atoms. The quantitative estimate of drug-likeness (QED) is 0.295. The Morgan fingerprint density at radius 2 is 1.84 bits per heavy atom. The zero-order valence-electron chi connectivity index (χ0n) is 21.1. The number of anilines is 1. The van der Waals surface area contributed by atoms with Crippen molar-refractivity contribution in [1.82, 2.24) is 19.5 Å². The molecule has 2 aromatic heterocycles. The van der Waals surface area contributed by atoms with Crippen LogP contribution in [-0.4, -0.2) is 59.3 Å². The molecule has 1 aliphatic carbocycles. The molecule has 0 saturated carbocycles. The van der Waals surface area contributed by atoms with Crippen molar-refractivity contribution >= 4 is 17.0 Å². The molecule has 2 aliphatic rings. The molecule has 2 unspecified atom stereocenters. The van der Waals surface area contributed by atoms with Crippen molar-refractivity contribution in [3.63, 3.8) is 0 Å². The number of hydrogen-bond acceptors (Lipinski definition) is 8. The predicted octanol–water partition coefficient (Wildman–Crippen LogP) is 2.69. The van der Waals surface area contributed by atoms with E-state index < -0.39 is 30.1 Å². The SMILES string of the molecule is Nc1ncnc2c1ncn2[C@]1(C2CCCc3ccccc32)O[C@H](C(O)CCCc2ccccc2)[C@@H](O)[C@H]1O. The molecule has 9 heteroatoms. The molecular formula is C29H33N5O4. The third-order valence-electron chi connectivity index (χ3n) is 8.20. The molecule has 4 aromatic rings. The molecule has 6 rings (SSSR count). The first-order valence-corrected chi connectivity index (χ1v) is 13.3. The monoisotopic (exact) mass is 515 g/mol. The molecule has 2 aromatic carbocycles. The van der Waals surface area contributed by atoms with Gasteiger partial charge in [-0.1, -0.05) is 54.6 Å². The Labute approximate surface area is 221 Å². The van der Waals surface area contributed by atoms with Gasteiger partial charge >= 0.3 is 0 Å². The molecule has 6 atom stereocenters. The fraction of sp³-hybridized carbons (Fsp3) is 0.414. The second-order valence-corrected chi connectivity index (χ2v) is 10.4. The van der Waals surface area contributed by atoms with E-state index in [0.717, 1.165) is 31.2 Å². The maximum Gasteiger partial charge on any atom is 0.183 e. The Morgan fingerprint density at radius 1 is 1.05 bits per heavy atom. The lowest BCUT2D eigenvalue weighted by Crippen LogP contribution is -2.50. The first-order chi connectivity index (χ1) is 18.5. The lowest BCUT2D eigenvalue weighted by Gasteiger charge is -2.43. The van der Waals surface area contributed by atoms with E-state index in [1.54, 1.807) is 10.9 Å². The number of aliphatic hydroxyl groups excluding tert-OH is 3. The number of nitrogen functional groups attached to an aromatic ring is 1. The van der Waals surface area contributed by atoms with Crippen LogP contribution in [0.5, 0.6) is 0 Å². The molecule has 3 heterocycles. The van der Waals surface area contributed by atoms with Crippen LogP contribution in [0.2, 0.25) is 0 Å². The smallest absolute Gasteiger partial charge is 0.183 e. The number of benzene rings is 2. The summed E-state index contributed by atoms with van der Waals surface area (Å²) in [5, 5.41) is 34.4. The molecule has 9 nitrogen and oxygen atoms in total. The molecule has 198 valence electrons. The van der Waals surface area contributed by atoms with Crippen LogP contribution >= 0.6 is 0 Å². The van der Waals surface area contributed by atoms with Crippen LogP contribution in [0.15, 0.2) is 67.3 Å². The number of rotatable bonds is 7. The van der Waals surface area contributed by atoms with Crippen LogP contribution in [0.25, 0.3) is 11.2 Å². The number of fused-ring (bicyclic) bond motifs is 2. The number of imidazole rings is 1. The third-order valence-corrected chi connectivity index (χ3v) is 8.20. The summed E-state index contributed by atoms with van der Waals surface area (Å²) in [6.45, 7) is 0. The zero-order chi connectivity index (χ0) is 26.3. The highest BCUT2D eigenvalue weighted by Gasteiger charge is 2.62. The summed E-state index contributed by atoms with van der Waals surface area (Å²) in [5.74, 6) is -0.0920. The van der Waals surface area contributed by atoms with Crippen LogP contribution < -0.4 is 5.73 Å². The van der Waals surface area contributed by atoms with E-state index in [1.807, 2.05) is 30.3 Å². The van der Waals surface area contributed by atoms with Crippen LogP contribution in [0, 0.1) is 0 Å². The zero-order valence-corrected chi connectivity index (χ0v) is 21.1. The van der Waals surface area contributed by atoms with Crippen molar-refractivity contribution in [2.24, 2.45) is 0 Å². The van der Waals surface area contributed by atoms with Crippen molar-refractivity contribution in [3.8, 4) is 0 Å². The summed E-state index contributed by atoms with van der Waals surface area (Å²) in [7, 11) is 0. The average Bonchev–Trinajstić information content (AvgIpc) is 3.50. The number of aromatic nitrogens is 4. The Kier molecular flexibility index (Phi) is 6.61. The molecule has 38 heavy (non-hydrogen) atoms. The molecule has 1 fully saturated rings. The van der Waals surface area contributed by atoms with Crippen molar-refractivity contribution < 1.29 is 20.1 Å². The van der Waals surface area contributed by atoms with Gasteiger partial charge in [0.1, 0.15) is 30.2 Å². The van der Waals surface area contributed by atoms with E-state index in [9.17, 15) is 15.3 Å². The number of nitrogens with zero attached hydrogens (tertiary/aromatic N) is 4. The Bertz CT molecular complexity index is 1410. The molecule has 5 N–H and O–H groups in total. The Morgan fingerprint density at radius 3 is 2.68 bits per heavy atom. The van der Waals surface area contributed by atoms with Gasteiger partial charge in [-0.25, -0.2) is 15.0 Å². The van der Waals surface area contributed by atoms with Crippen LogP contribution in [0.1, 0.15) is 48.3 Å². The summed E-state index contributed by atoms with van der Waals surface area (Å²) in [4.78, 5) is 12.9. The Balaban J connectivity index is 1.39. The number of ether oxygens (including phenoxy) is 1. The number of hydrogen-bond donors (Lipinski definition) is 4. The highest BCUT2D eigenvalue weighted by atomic mass is 16.6. The van der Waals surface area contributed by atoms with Crippen molar-refractivity contribution in [2.75, 3.05) is 5.73 Å². The van der Waals surface area contributed by atoms with Gasteiger partial charge in [0.25, 0.3) is 0 Å². The number of nitrogens with two attached hydrogens (primary N) is 1. The summed E-state index contributed by atoms with van der Waals surface area (Å²) >= 11 is 0. The van der Waals surface area contributed by atoms with Crippen molar-refractivity contribution in [2.45, 2.75) is 74.6 Å². The predicted molar refractivity (Wildman–Crippen MR) is 142 cm³/mol. The van der Waals surface area contributed by atoms with E-state index in [1.165, 1.54) is 17.5 Å². The van der Waals surface area contributed by atoms with Crippen LogP contribution in [0.3, 0.4) is 0 Å². The fourth-order valence-electron chi connectivity index (χ4n) is 6.36. The van der Waals surface area contributed by atoms with Crippen molar-refractivity contribution in [3.05, 3.63) is 83.9 Å². The summed E-state index contributed by atoms with van der Waals surface area (Å²) in [6, 6.07) is 18.2. The summed E-state index contributed by atoms with van der Waals surface area (Å²) in [5.41, 5.74) is 8.86. The van der Waals surface area contributed by atoms with E-state index in [4.69, 9.17) is 10.5 Å². The highest BCUT2D eigenvalue weighted by molar-refractivity contribution is 5.81. The van der Waals surface area contributed by atoms with E-state index in [-0.39, 0.29) is 11.7 Å². The van der Waals surface area contributed by atoms with E-state index in [0.29, 0.717) is 24.0 Å². The van der Waals surface area contributed by atoms with Gasteiger partial charge in [0, 0.05) is 5.92 Å². The van der Waals surface area contributed by atoms with Gasteiger partial charge in [0.2, 0.25) is 0 Å². The maximum atomic E-state index is 11.8. The topological polar surface area (TPSA) is 140 Å². The summed E-state index contributed by atoms with van der Waals surface area (Å²) in [6.07, 6.45) is 2.74. The van der Waals surface area contributed by atoms with Gasteiger partial charge in [-0.3, -0.25) is 4.57 Å². The number of aryl methyl sites for hydroxylation is 2. The fourth-order valence-corrected chi connectivity index (χ4v) is 6.36. The normalized spacial score (nSPS) is 27.9. The molecule has 0 radical (unpaired) electrons. The molecule has 1 saturated heterocycles. The first kappa shape index (κ1) is 24.9. The Hall–Kier alpha value is -3.37. The lowest BCUT2D eigenvalue weighted by atomic mass is 9.74. The molecule has 0 amide bonds. The third kappa shape index (κ3) is 4.06. The van der Waals surface area contributed by atoms with Gasteiger partial charge in [0.15, 0.2) is 17.2 Å². The minimum atomic E-state index is -1.45. The van der Waals surface area contributed by atoms with E-state index >= 15 is 0 Å². The minimum absolute atomic E-state index is 0.221. The van der Waals surface area contributed by atoms with Gasteiger partial charge in [-0.05, 0) is 55.2 Å². The van der Waals surface area contributed by atoms with Crippen molar-refractivity contribution in [1.29, 1.82) is 0 Å². The average molecular weight is 516 g/mol. The van der Waals surface area contributed by atoms with E-state index in [2.05, 4.69) is 39.2 Å². The van der Waals surface area contributed by atoms with Crippen LogP contribution in [0.4, 0.5) is 5.82 Å².